The largest absolute Gasteiger partial charge is 0.481 e. The number of carbonyl (C=O) groups is 1. The molecule has 0 fully saturated rings. The third-order valence-corrected chi connectivity index (χ3v) is 2.84. The summed E-state index contributed by atoms with van der Waals surface area (Å²) in [5.41, 5.74) is 7.41. The van der Waals surface area contributed by atoms with Gasteiger partial charge in [-0.05, 0) is 5.56 Å². The van der Waals surface area contributed by atoms with Crippen LogP contribution in [0, 0.1) is 0 Å². The predicted octanol–water partition coefficient (Wildman–Crippen LogP) is 0.140. The number of nitrogens with two attached hydrogens (primary N) is 1. The van der Waals surface area contributed by atoms with Crippen LogP contribution in [0.15, 0.2) is 30.7 Å². The van der Waals surface area contributed by atoms with E-state index in [-0.39, 0.29) is 5.91 Å². The summed E-state index contributed by atoms with van der Waals surface area (Å²) in [4.78, 5) is 16.0. The minimum absolute atomic E-state index is 0.256. The van der Waals surface area contributed by atoms with Crippen molar-refractivity contribution in [2.45, 2.75) is 12.6 Å². The quantitative estimate of drug-likeness (QED) is 0.809. The number of aryl methyl sites for hydroxylation is 1. The van der Waals surface area contributed by atoms with Gasteiger partial charge in [-0.1, -0.05) is 6.07 Å². The minimum Gasteiger partial charge on any atom is -0.481 e. The zero-order valence-corrected chi connectivity index (χ0v) is 11.4. The number of aromatic nitrogens is 3. The first-order chi connectivity index (χ1) is 9.60. The Bertz CT molecular complexity index is 579. The van der Waals surface area contributed by atoms with Crippen molar-refractivity contribution in [3.05, 3.63) is 41.9 Å². The van der Waals surface area contributed by atoms with Gasteiger partial charge in [-0.2, -0.15) is 5.10 Å². The number of amides is 1. The number of nitrogens with one attached hydrogen (secondary N) is 1. The number of ether oxygens (including phenoxy) is 1. The van der Waals surface area contributed by atoms with Crippen molar-refractivity contribution >= 4 is 5.91 Å². The van der Waals surface area contributed by atoms with Crippen molar-refractivity contribution < 1.29 is 9.53 Å². The maximum Gasteiger partial charge on any atom is 0.241 e. The first kappa shape index (κ1) is 14.0. The number of rotatable bonds is 5. The number of pyridine rings is 1. The van der Waals surface area contributed by atoms with Gasteiger partial charge < -0.3 is 15.8 Å². The Labute approximate surface area is 116 Å². The molecule has 2 rings (SSSR count). The first-order valence-electron chi connectivity index (χ1n) is 6.11. The normalized spacial score (nSPS) is 11.9. The summed E-state index contributed by atoms with van der Waals surface area (Å²) in [7, 11) is 3.33. The molecule has 7 nitrogen and oxygen atoms in total. The lowest BCUT2D eigenvalue weighted by atomic mass is 10.1. The molecule has 1 unspecified atom stereocenters. The molecule has 20 heavy (non-hydrogen) atoms. The van der Waals surface area contributed by atoms with Crippen LogP contribution in [0.4, 0.5) is 0 Å². The van der Waals surface area contributed by atoms with Gasteiger partial charge in [0, 0.05) is 37.6 Å². The maximum absolute atomic E-state index is 11.9. The summed E-state index contributed by atoms with van der Waals surface area (Å²) in [5, 5.41) is 6.75. The lowest BCUT2D eigenvalue weighted by Crippen LogP contribution is -2.33. The van der Waals surface area contributed by atoms with Crippen molar-refractivity contribution in [2.75, 3.05) is 7.11 Å². The highest BCUT2D eigenvalue weighted by atomic mass is 16.5. The van der Waals surface area contributed by atoms with Crippen LogP contribution in [0.3, 0.4) is 0 Å². The molecule has 106 valence electrons. The third-order valence-electron chi connectivity index (χ3n) is 2.84. The zero-order valence-electron chi connectivity index (χ0n) is 11.4. The fraction of sp³-hybridized carbons (Fsp3) is 0.308. The van der Waals surface area contributed by atoms with Gasteiger partial charge in [-0.15, -0.1) is 0 Å². The third kappa shape index (κ3) is 3.33. The molecule has 1 atom stereocenters. The fourth-order valence-electron chi connectivity index (χ4n) is 1.69. The van der Waals surface area contributed by atoms with E-state index in [2.05, 4.69) is 15.4 Å². The Kier molecular flexibility index (Phi) is 4.31. The van der Waals surface area contributed by atoms with Crippen molar-refractivity contribution in [1.82, 2.24) is 20.1 Å². The molecule has 7 heteroatoms. The van der Waals surface area contributed by atoms with E-state index in [0.29, 0.717) is 18.0 Å². The van der Waals surface area contributed by atoms with Crippen LogP contribution in [0.5, 0.6) is 5.88 Å². The van der Waals surface area contributed by atoms with Crippen LogP contribution in [-0.2, 0) is 18.4 Å². The Morgan fingerprint density at radius 1 is 1.50 bits per heavy atom. The molecule has 0 aliphatic rings. The highest BCUT2D eigenvalue weighted by Gasteiger charge is 2.16. The number of methoxy groups -OCH3 is 1. The number of carbonyl (C=O) groups excluding carboxylic acids is 1. The standard InChI is InChI=1S/C13H17N5O2/c1-18-8-10(7-17-18)12(14)13(19)16-6-9-3-4-11(20-2)15-5-9/h3-5,7-8,12H,6,14H2,1-2H3,(H,16,19). The van der Waals surface area contributed by atoms with Crippen molar-refractivity contribution in [1.29, 1.82) is 0 Å². The second-order valence-corrected chi connectivity index (χ2v) is 4.35. The summed E-state index contributed by atoms with van der Waals surface area (Å²) in [6, 6.07) is 2.85. The van der Waals surface area contributed by atoms with Gasteiger partial charge in [-0.3, -0.25) is 9.48 Å². The fourth-order valence-corrected chi connectivity index (χ4v) is 1.69. The van der Waals surface area contributed by atoms with Crippen LogP contribution in [0.25, 0.3) is 0 Å². The monoisotopic (exact) mass is 275 g/mol. The van der Waals surface area contributed by atoms with E-state index in [0.717, 1.165) is 5.56 Å². The van der Waals surface area contributed by atoms with Crippen LogP contribution in [0.1, 0.15) is 17.2 Å². The van der Waals surface area contributed by atoms with Crippen molar-refractivity contribution in [3.63, 3.8) is 0 Å². The molecule has 0 saturated carbocycles. The van der Waals surface area contributed by atoms with E-state index in [4.69, 9.17) is 10.5 Å². The Balaban J connectivity index is 1.91. The Hall–Kier alpha value is -2.41. The van der Waals surface area contributed by atoms with Gasteiger partial charge >= 0.3 is 0 Å². The SMILES string of the molecule is COc1ccc(CNC(=O)C(N)c2cnn(C)c2)cn1. The van der Waals surface area contributed by atoms with E-state index in [1.165, 1.54) is 0 Å². The van der Waals surface area contributed by atoms with Gasteiger partial charge in [0.25, 0.3) is 0 Å². The minimum atomic E-state index is -0.727. The molecule has 2 aromatic rings. The lowest BCUT2D eigenvalue weighted by Gasteiger charge is -2.10. The molecule has 2 aromatic heterocycles. The summed E-state index contributed by atoms with van der Waals surface area (Å²) in [6.07, 6.45) is 4.95. The van der Waals surface area contributed by atoms with E-state index in [1.54, 1.807) is 43.5 Å². The van der Waals surface area contributed by atoms with E-state index in [9.17, 15) is 4.79 Å². The molecule has 3 N–H and O–H groups in total. The van der Waals surface area contributed by atoms with Crippen LogP contribution < -0.4 is 15.8 Å². The molecule has 2 heterocycles. The van der Waals surface area contributed by atoms with E-state index >= 15 is 0 Å². The molecule has 0 spiro atoms. The molecule has 0 bridgehead atoms. The highest BCUT2D eigenvalue weighted by molar-refractivity contribution is 5.82. The number of hydrogen-bond acceptors (Lipinski definition) is 5. The smallest absolute Gasteiger partial charge is 0.241 e. The van der Waals surface area contributed by atoms with Gasteiger partial charge in [0.2, 0.25) is 11.8 Å². The second kappa shape index (κ2) is 6.16. The molecule has 0 aliphatic carbocycles. The Morgan fingerprint density at radius 3 is 2.85 bits per heavy atom. The average molecular weight is 275 g/mol. The predicted molar refractivity (Wildman–Crippen MR) is 72.8 cm³/mol. The first-order valence-corrected chi connectivity index (χ1v) is 6.11. The van der Waals surface area contributed by atoms with Gasteiger partial charge in [0.05, 0.1) is 13.3 Å². The van der Waals surface area contributed by atoms with Crippen molar-refractivity contribution in [2.24, 2.45) is 12.8 Å². The molecule has 0 aliphatic heterocycles. The van der Waals surface area contributed by atoms with Gasteiger partial charge in [-0.25, -0.2) is 4.98 Å². The Morgan fingerprint density at radius 2 is 2.30 bits per heavy atom. The second-order valence-electron chi connectivity index (χ2n) is 4.35. The summed E-state index contributed by atoms with van der Waals surface area (Å²) in [5.74, 6) is 0.279. The van der Waals surface area contributed by atoms with Gasteiger partial charge in [0.15, 0.2) is 0 Å². The number of nitrogens with zero attached hydrogens (tertiary/aromatic N) is 3. The number of hydrogen-bond donors (Lipinski definition) is 2. The van der Waals surface area contributed by atoms with Crippen LogP contribution >= 0.6 is 0 Å². The van der Waals surface area contributed by atoms with Gasteiger partial charge in [0.1, 0.15) is 6.04 Å². The summed E-state index contributed by atoms with van der Waals surface area (Å²) >= 11 is 0. The maximum atomic E-state index is 11.9. The summed E-state index contributed by atoms with van der Waals surface area (Å²) < 4.78 is 6.57. The molecule has 0 radical (unpaired) electrons. The van der Waals surface area contributed by atoms with Crippen LogP contribution in [-0.4, -0.2) is 27.8 Å². The lowest BCUT2D eigenvalue weighted by molar-refractivity contribution is -0.122. The zero-order chi connectivity index (χ0) is 14.5. The highest BCUT2D eigenvalue weighted by Crippen LogP contribution is 2.10. The summed E-state index contributed by atoms with van der Waals surface area (Å²) in [6.45, 7) is 0.365. The molecule has 0 aromatic carbocycles. The molecular formula is C13H17N5O2. The topological polar surface area (TPSA) is 95.1 Å². The van der Waals surface area contributed by atoms with E-state index < -0.39 is 6.04 Å². The van der Waals surface area contributed by atoms with E-state index in [1.807, 2.05) is 6.07 Å². The molecule has 1 amide bonds. The van der Waals surface area contributed by atoms with Crippen molar-refractivity contribution in [3.8, 4) is 5.88 Å². The molecule has 0 saturated heterocycles. The van der Waals surface area contributed by atoms with Crippen LogP contribution in [0.2, 0.25) is 0 Å². The molecular weight excluding hydrogens is 258 g/mol. The average Bonchev–Trinajstić information content (AvgIpc) is 2.91.